The summed E-state index contributed by atoms with van der Waals surface area (Å²) >= 11 is 0. The summed E-state index contributed by atoms with van der Waals surface area (Å²) in [6.07, 6.45) is 5.74. The Hall–Kier alpha value is -13.3. The van der Waals surface area contributed by atoms with Gasteiger partial charge in [-0.15, -0.1) is 0 Å². The quantitative estimate of drug-likeness (QED) is 0.0566. The van der Waals surface area contributed by atoms with E-state index in [0.29, 0.717) is 83.4 Å². The lowest BCUT2D eigenvalue weighted by molar-refractivity contribution is 0.101. The van der Waals surface area contributed by atoms with E-state index in [1.165, 1.54) is 18.5 Å². The number of ether oxygens (including phenoxy) is 2. The molecule has 0 aliphatic carbocycles. The van der Waals surface area contributed by atoms with Crippen molar-refractivity contribution in [2.24, 2.45) is 0 Å². The van der Waals surface area contributed by atoms with E-state index in [4.69, 9.17) is 9.47 Å². The molecule has 28 nitrogen and oxygen atoms in total. The summed E-state index contributed by atoms with van der Waals surface area (Å²) in [5.41, 5.74) is 7.03. The number of fused-ring (bicyclic) bond motifs is 5. The second kappa shape index (κ2) is 26.6. The van der Waals surface area contributed by atoms with Gasteiger partial charge in [0.2, 0.25) is 0 Å². The Balaban J connectivity index is 0.000000119. The average Bonchev–Trinajstić information content (AvgIpc) is 1.64. The molecular formula is C64H52F6N22O6. The number of anilines is 4. The number of urea groups is 2. The van der Waals surface area contributed by atoms with E-state index in [1.54, 1.807) is 29.4 Å². The van der Waals surface area contributed by atoms with Gasteiger partial charge >= 0.3 is 12.1 Å². The van der Waals surface area contributed by atoms with Crippen LogP contribution in [-0.2, 0) is 0 Å². The number of nitrogens with one attached hydrogen (secondary N) is 13. The summed E-state index contributed by atoms with van der Waals surface area (Å²) in [4.78, 5) is 79.9. The van der Waals surface area contributed by atoms with Crippen LogP contribution in [0.4, 0.5) is 58.7 Å². The van der Waals surface area contributed by atoms with E-state index < -0.39 is 57.8 Å². The minimum atomic E-state index is -1.06. The van der Waals surface area contributed by atoms with Crippen molar-refractivity contribution in [2.75, 3.05) is 47.2 Å². The van der Waals surface area contributed by atoms with E-state index in [1.807, 2.05) is 69.3 Å². The van der Waals surface area contributed by atoms with Crippen LogP contribution in [0.2, 0.25) is 0 Å². The number of amides is 6. The number of imidazole rings is 4. The largest absolute Gasteiger partial charge is 0.486 e. The van der Waals surface area contributed by atoms with Crippen LogP contribution in [0.15, 0.2) is 134 Å². The lowest BCUT2D eigenvalue weighted by Crippen LogP contribution is -2.43. The fourth-order valence-corrected chi connectivity index (χ4v) is 10.3. The predicted octanol–water partition coefficient (Wildman–Crippen LogP) is 11.4. The summed E-state index contributed by atoms with van der Waals surface area (Å²) in [6, 6.07) is 26.7. The number of halogens is 6. The van der Waals surface area contributed by atoms with Crippen LogP contribution in [0.25, 0.3) is 90.2 Å². The molecular weight excluding hydrogens is 1290 g/mol. The number of carbonyl (C=O) groups excluding carboxylic acids is 4. The average molecular weight is 1340 g/mol. The van der Waals surface area contributed by atoms with Crippen molar-refractivity contribution in [1.82, 2.24) is 91.3 Å². The van der Waals surface area contributed by atoms with Crippen molar-refractivity contribution in [1.29, 1.82) is 0 Å². The molecule has 0 radical (unpaired) electrons. The first-order chi connectivity index (χ1) is 47.3. The van der Waals surface area contributed by atoms with Crippen molar-refractivity contribution >= 4 is 90.8 Å². The van der Waals surface area contributed by atoms with Crippen molar-refractivity contribution in [3.8, 4) is 57.6 Å². The number of aromatic amines is 8. The Labute approximate surface area is 546 Å². The third kappa shape index (κ3) is 13.4. The summed E-state index contributed by atoms with van der Waals surface area (Å²) in [7, 11) is 0. The molecule has 1 fully saturated rings. The Morgan fingerprint density at radius 3 is 1.38 bits per heavy atom. The molecule has 34 heteroatoms. The smallest absolute Gasteiger partial charge is 0.322 e. The van der Waals surface area contributed by atoms with Gasteiger partial charge in [-0.25, -0.2) is 55.9 Å². The second-order valence-electron chi connectivity index (χ2n) is 22.6. The van der Waals surface area contributed by atoms with Crippen LogP contribution in [-0.4, -0.2) is 136 Å². The van der Waals surface area contributed by atoms with Gasteiger partial charge < -0.3 is 56.0 Å². The number of para-hydroxylation sites is 4. The van der Waals surface area contributed by atoms with Gasteiger partial charge in [-0.1, -0.05) is 36.4 Å². The van der Waals surface area contributed by atoms with Crippen LogP contribution >= 0.6 is 0 Å². The monoisotopic (exact) mass is 1340 g/mol. The minimum Gasteiger partial charge on any atom is -0.486 e. The Bertz CT molecular complexity index is 5140. The lowest BCUT2D eigenvalue weighted by atomic mass is 10.1. The van der Waals surface area contributed by atoms with E-state index in [0.717, 1.165) is 75.9 Å². The molecule has 0 saturated carbocycles. The Kier molecular flexibility index (Phi) is 17.2. The molecule has 0 bridgehead atoms. The first-order valence-electron chi connectivity index (χ1n) is 29.6. The molecule has 13 N–H and O–H groups in total. The van der Waals surface area contributed by atoms with E-state index in [9.17, 15) is 45.5 Å². The van der Waals surface area contributed by atoms with Crippen LogP contribution in [0.3, 0.4) is 0 Å². The van der Waals surface area contributed by atoms with Gasteiger partial charge in [-0.3, -0.25) is 34.9 Å². The maximum Gasteiger partial charge on any atom is 0.322 e. The number of hydrogen-bond acceptors (Lipinski definition) is 14. The minimum absolute atomic E-state index is 0.0719. The normalized spacial score (nSPS) is 12.5. The number of aromatic nitrogens is 16. The summed E-state index contributed by atoms with van der Waals surface area (Å²) in [5, 5.41) is 40.0. The highest BCUT2D eigenvalue weighted by Crippen LogP contribution is 2.37. The van der Waals surface area contributed by atoms with E-state index in [-0.39, 0.29) is 51.5 Å². The molecule has 14 aromatic rings. The van der Waals surface area contributed by atoms with Gasteiger partial charge in [0, 0.05) is 42.9 Å². The highest BCUT2D eigenvalue weighted by molar-refractivity contribution is 6.07. The summed E-state index contributed by atoms with van der Waals surface area (Å²) in [6.45, 7) is 7.95. The second-order valence-corrected chi connectivity index (χ2v) is 22.6. The van der Waals surface area contributed by atoms with Gasteiger partial charge in [0.25, 0.3) is 11.8 Å². The van der Waals surface area contributed by atoms with Gasteiger partial charge in [0.15, 0.2) is 46.4 Å². The summed E-state index contributed by atoms with van der Waals surface area (Å²) < 4.78 is 93.0. The third-order valence-corrected chi connectivity index (χ3v) is 14.7. The molecule has 0 unspecified atom stereocenters. The zero-order valence-electron chi connectivity index (χ0n) is 51.3. The van der Waals surface area contributed by atoms with Crippen molar-refractivity contribution in [3.63, 3.8) is 0 Å². The van der Waals surface area contributed by atoms with Crippen LogP contribution < -0.4 is 41.0 Å². The molecule has 2 aliphatic heterocycles. The molecule has 98 heavy (non-hydrogen) atoms. The topological polar surface area (TPSA) is 380 Å². The van der Waals surface area contributed by atoms with Crippen molar-refractivity contribution in [3.05, 3.63) is 180 Å². The molecule has 2 aliphatic rings. The van der Waals surface area contributed by atoms with Crippen LogP contribution in [0.1, 0.15) is 41.5 Å². The molecule has 6 aromatic carbocycles. The molecule has 1 saturated heterocycles. The fraction of sp³-hybridized carbons (Fsp3) is 0.125. The van der Waals surface area contributed by atoms with Crippen LogP contribution in [0, 0.1) is 34.9 Å². The first-order valence-corrected chi connectivity index (χ1v) is 29.6. The Morgan fingerprint density at radius 2 is 0.888 bits per heavy atom. The molecule has 0 atom stereocenters. The molecule has 8 aromatic heterocycles. The predicted molar refractivity (Wildman–Crippen MR) is 347 cm³/mol. The first kappa shape index (κ1) is 63.5. The Morgan fingerprint density at radius 1 is 0.469 bits per heavy atom. The van der Waals surface area contributed by atoms with Crippen molar-refractivity contribution < 1.29 is 55.0 Å². The van der Waals surface area contributed by atoms with Gasteiger partial charge in [0.1, 0.15) is 70.4 Å². The van der Waals surface area contributed by atoms with Gasteiger partial charge in [-0.2, -0.15) is 20.4 Å². The highest BCUT2D eigenvalue weighted by Gasteiger charge is 2.28. The van der Waals surface area contributed by atoms with Gasteiger partial charge in [0.05, 0.1) is 91.7 Å². The molecule has 10 heterocycles. The fourth-order valence-electron chi connectivity index (χ4n) is 10.3. The summed E-state index contributed by atoms with van der Waals surface area (Å²) in [5.74, 6) is -5.02. The molecule has 0 spiro atoms. The SMILES string of the molecule is CC(C)(C)NC(=O)Nc1cn[nH]c1-c1nc2ccccc2[nH]1.O=C(Nc1cn[nH]c1-c1nc2cc(F)c(F)cc2[nH]1)c1c(F)cccc1F.O=C(Nc1cn[nH]c1-c1nc2cc3c(cc2[nH]1)OCCO3)c1c(F)cccc1F.O=C1NCCN1c1cn[nH]c1-c1nc2ccccc2[nH]1. The number of H-pyrrole nitrogens is 8. The maximum absolute atomic E-state index is 13.9. The third-order valence-electron chi connectivity index (χ3n) is 14.7. The maximum atomic E-state index is 13.9. The molecule has 6 amide bonds. The van der Waals surface area contributed by atoms with E-state index in [2.05, 4.69) is 107 Å². The standard InChI is InChI=1S/C19H13F2N5O3.C17H9F4N5O.C15H18N6O.C13H12N6O/c20-9-2-1-3-10(21)16(9)19(27)25-13-8-22-26-17(13)18-23-11-6-14-15(7-12(11)24-18)29-5-4-28-14;18-7-2-1-3-8(19)14(7)17(27)25-13-6-22-26-15(13)16-23-11-4-9(20)10(21)5-12(11)24-16;1-15(2,3)20-14(22)19-11-8-16-21-12(11)13-17-9-6-4-5-7-10(9)18-13;20-13-14-5-6-19(13)10-7-15-18-11(10)12-16-8-3-1-2-4-9(8)17-12/h1-3,6-8H,4-5H2,(H,22,26)(H,23,24)(H,25,27);1-6H,(H,22,26)(H,23,24)(H,25,27);4-8H,1-3H3,(H,16,21)(H,17,18)(H2,19,20,22);1-4,7H,5-6H2,(H,14,20)(H,15,18)(H,16,17). The number of nitrogens with zero attached hydrogens (tertiary/aromatic N) is 9. The lowest BCUT2D eigenvalue weighted by Gasteiger charge is -2.20. The zero-order chi connectivity index (χ0) is 68.4. The van der Waals surface area contributed by atoms with Crippen molar-refractivity contribution in [2.45, 2.75) is 26.3 Å². The van der Waals surface area contributed by atoms with Gasteiger partial charge in [-0.05, 0) is 69.3 Å². The number of carbonyl (C=O) groups is 4. The number of hydrogen-bond donors (Lipinski definition) is 13. The van der Waals surface area contributed by atoms with E-state index >= 15 is 0 Å². The number of rotatable bonds is 10. The molecule has 16 rings (SSSR count). The molecule has 496 valence electrons. The number of benzene rings is 6. The highest BCUT2D eigenvalue weighted by atomic mass is 19.2. The zero-order valence-corrected chi connectivity index (χ0v) is 51.3. The van der Waals surface area contributed by atoms with Crippen LogP contribution in [0.5, 0.6) is 11.5 Å².